The summed E-state index contributed by atoms with van der Waals surface area (Å²) < 4.78 is 6.92. The highest BCUT2D eigenvalue weighted by molar-refractivity contribution is 5.32. The lowest BCUT2D eigenvalue weighted by Crippen LogP contribution is -2.22. The Morgan fingerprint density at radius 1 is 1.50 bits per heavy atom. The molecule has 1 N–H and O–H groups in total. The highest BCUT2D eigenvalue weighted by atomic mass is 16.5. The molecule has 80 valence electrons. The van der Waals surface area contributed by atoms with Gasteiger partial charge in [-0.25, -0.2) is 4.68 Å². The first kappa shape index (κ1) is 11.0. The van der Waals surface area contributed by atoms with Gasteiger partial charge in [-0.05, 0) is 20.8 Å². The maximum atomic E-state index is 9.73. The van der Waals surface area contributed by atoms with Crippen molar-refractivity contribution in [3.63, 3.8) is 0 Å². The van der Waals surface area contributed by atoms with E-state index in [9.17, 15) is 5.11 Å². The van der Waals surface area contributed by atoms with Gasteiger partial charge in [0.1, 0.15) is 0 Å². The van der Waals surface area contributed by atoms with Gasteiger partial charge in [0.05, 0.1) is 18.4 Å². The third kappa shape index (κ3) is 2.26. The van der Waals surface area contributed by atoms with Gasteiger partial charge in [0.15, 0.2) is 0 Å². The van der Waals surface area contributed by atoms with Crippen LogP contribution in [0.25, 0.3) is 0 Å². The minimum Gasteiger partial charge on any atom is -0.481 e. The Labute approximate surface area is 84.5 Å². The van der Waals surface area contributed by atoms with Crippen molar-refractivity contribution in [3.05, 3.63) is 11.3 Å². The number of methoxy groups -OCH3 is 1. The first-order valence-corrected chi connectivity index (χ1v) is 4.64. The first-order valence-electron chi connectivity index (χ1n) is 4.64. The molecule has 4 heteroatoms. The van der Waals surface area contributed by atoms with Gasteiger partial charge in [-0.2, -0.15) is 5.10 Å². The van der Waals surface area contributed by atoms with Crippen LogP contribution >= 0.6 is 0 Å². The number of ether oxygens (including phenoxy) is 1. The van der Waals surface area contributed by atoms with E-state index >= 15 is 0 Å². The minimum atomic E-state index is -0.735. The van der Waals surface area contributed by atoms with Crippen LogP contribution in [0.4, 0.5) is 0 Å². The number of hydrogen-bond acceptors (Lipinski definition) is 3. The maximum absolute atomic E-state index is 9.73. The van der Waals surface area contributed by atoms with Crippen molar-refractivity contribution < 1.29 is 9.84 Å². The van der Waals surface area contributed by atoms with Gasteiger partial charge in [0.2, 0.25) is 5.88 Å². The zero-order valence-electron chi connectivity index (χ0n) is 9.46. The van der Waals surface area contributed by atoms with E-state index in [-0.39, 0.29) is 0 Å². The molecular weight excluding hydrogens is 180 g/mol. The number of aryl methyl sites for hydroxylation is 2. The van der Waals surface area contributed by atoms with E-state index in [4.69, 9.17) is 4.74 Å². The van der Waals surface area contributed by atoms with Crippen LogP contribution in [0.5, 0.6) is 5.88 Å². The first-order chi connectivity index (χ1) is 6.35. The fraction of sp³-hybridized carbons (Fsp3) is 0.700. The minimum absolute atomic E-state index is 0.551. The van der Waals surface area contributed by atoms with E-state index in [0.29, 0.717) is 6.42 Å². The monoisotopic (exact) mass is 198 g/mol. The molecule has 0 radical (unpaired) electrons. The van der Waals surface area contributed by atoms with E-state index in [1.807, 2.05) is 14.0 Å². The molecule has 0 aliphatic carbocycles. The lowest BCUT2D eigenvalue weighted by Gasteiger charge is -2.17. The van der Waals surface area contributed by atoms with Gasteiger partial charge in [-0.15, -0.1) is 0 Å². The molecule has 0 aromatic carbocycles. The van der Waals surface area contributed by atoms with E-state index in [1.165, 1.54) is 0 Å². The molecular formula is C10H18N2O2. The number of rotatable bonds is 3. The summed E-state index contributed by atoms with van der Waals surface area (Å²) in [5.41, 5.74) is 1.15. The van der Waals surface area contributed by atoms with E-state index in [0.717, 1.165) is 17.1 Å². The Morgan fingerprint density at radius 3 is 2.50 bits per heavy atom. The highest BCUT2D eigenvalue weighted by Gasteiger charge is 2.21. The predicted molar refractivity (Wildman–Crippen MR) is 54.5 cm³/mol. The normalized spacial score (nSPS) is 11.9. The van der Waals surface area contributed by atoms with Crippen LogP contribution in [0.1, 0.15) is 25.1 Å². The summed E-state index contributed by atoms with van der Waals surface area (Å²) in [6.45, 7) is 5.47. The van der Waals surface area contributed by atoms with Crippen LogP contribution in [-0.2, 0) is 13.5 Å². The van der Waals surface area contributed by atoms with Crippen LogP contribution < -0.4 is 4.74 Å². The molecule has 4 nitrogen and oxygen atoms in total. The Morgan fingerprint density at radius 2 is 2.07 bits per heavy atom. The molecule has 1 aromatic rings. The van der Waals surface area contributed by atoms with Gasteiger partial charge in [0, 0.05) is 19.0 Å². The van der Waals surface area contributed by atoms with Crippen molar-refractivity contribution in [2.45, 2.75) is 32.8 Å². The zero-order chi connectivity index (χ0) is 10.9. The maximum Gasteiger partial charge on any atom is 0.214 e. The van der Waals surface area contributed by atoms with E-state index in [2.05, 4.69) is 5.10 Å². The third-order valence-corrected chi connectivity index (χ3v) is 2.09. The molecule has 0 saturated carbocycles. The molecule has 14 heavy (non-hydrogen) atoms. The molecule has 1 rings (SSSR count). The molecule has 0 unspecified atom stereocenters. The quantitative estimate of drug-likeness (QED) is 0.789. The van der Waals surface area contributed by atoms with E-state index in [1.54, 1.807) is 25.6 Å². The van der Waals surface area contributed by atoms with Gasteiger partial charge in [0.25, 0.3) is 0 Å². The molecule has 0 bridgehead atoms. The summed E-state index contributed by atoms with van der Waals surface area (Å²) in [4.78, 5) is 0. The lowest BCUT2D eigenvalue weighted by atomic mass is 9.99. The average molecular weight is 198 g/mol. The molecule has 1 heterocycles. The highest BCUT2D eigenvalue weighted by Crippen LogP contribution is 2.25. The Balaban J connectivity index is 3.06. The number of hydrogen-bond donors (Lipinski definition) is 1. The van der Waals surface area contributed by atoms with Crippen LogP contribution in [0.3, 0.4) is 0 Å². The van der Waals surface area contributed by atoms with Crippen molar-refractivity contribution in [1.82, 2.24) is 9.78 Å². The van der Waals surface area contributed by atoms with Crippen LogP contribution in [0.15, 0.2) is 0 Å². The van der Waals surface area contributed by atoms with Crippen LogP contribution in [0.2, 0.25) is 0 Å². The molecule has 0 spiro atoms. The Bertz CT molecular complexity index is 324. The smallest absolute Gasteiger partial charge is 0.214 e. The van der Waals surface area contributed by atoms with Crippen molar-refractivity contribution in [1.29, 1.82) is 0 Å². The third-order valence-electron chi connectivity index (χ3n) is 2.09. The van der Waals surface area contributed by atoms with Gasteiger partial charge >= 0.3 is 0 Å². The summed E-state index contributed by atoms with van der Waals surface area (Å²) >= 11 is 0. The van der Waals surface area contributed by atoms with Crippen molar-refractivity contribution in [2.75, 3.05) is 7.11 Å². The second kappa shape index (κ2) is 3.61. The number of aliphatic hydroxyl groups is 1. The molecule has 0 amide bonds. The molecule has 0 atom stereocenters. The zero-order valence-corrected chi connectivity index (χ0v) is 9.46. The van der Waals surface area contributed by atoms with Crippen LogP contribution in [0, 0.1) is 6.92 Å². The molecule has 0 saturated heterocycles. The van der Waals surface area contributed by atoms with Crippen molar-refractivity contribution >= 4 is 0 Å². The average Bonchev–Trinajstić information content (AvgIpc) is 2.24. The Hall–Kier alpha value is -1.03. The Kier molecular flexibility index (Phi) is 2.85. The lowest BCUT2D eigenvalue weighted by molar-refractivity contribution is 0.0800. The SMILES string of the molecule is COc1c(CC(C)(C)O)c(C)nn1C. The van der Waals surface area contributed by atoms with Crippen LogP contribution in [-0.4, -0.2) is 27.6 Å². The summed E-state index contributed by atoms with van der Waals surface area (Å²) in [5.74, 6) is 0.727. The summed E-state index contributed by atoms with van der Waals surface area (Å²) in [6, 6.07) is 0. The standard InChI is InChI=1S/C10H18N2O2/c1-7-8(6-10(2,3)13)9(14-5)12(4)11-7/h13H,6H2,1-5H3. The number of nitrogens with zero attached hydrogens (tertiary/aromatic N) is 2. The second-order valence-electron chi connectivity index (χ2n) is 4.19. The second-order valence-corrected chi connectivity index (χ2v) is 4.19. The van der Waals surface area contributed by atoms with E-state index < -0.39 is 5.60 Å². The number of aromatic nitrogens is 2. The molecule has 1 aromatic heterocycles. The largest absolute Gasteiger partial charge is 0.481 e. The summed E-state index contributed by atoms with van der Waals surface area (Å²) in [5, 5.41) is 14.0. The fourth-order valence-electron chi connectivity index (χ4n) is 1.57. The van der Waals surface area contributed by atoms with Crippen molar-refractivity contribution in [3.8, 4) is 5.88 Å². The summed E-state index contributed by atoms with van der Waals surface area (Å²) in [6.07, 6.45) is 0.551. The molecule has 0 fully saturated rings. The van der Waals surface area contributed by atoms with Gasteiger partial charge in [-0.1, -0.05) is 0 Å². The topological polar surface area (TPSA) is 47.3 Å². The summed E-state index contributed by atoms with van der Waals surface area (Å²) in [7, 11) is 3.45. The molecule has 0 aliphatic heterocycles. The predicted octanol–water partition coefficient (Wildman–Crippen LogP) is 1.05. The molecule has 0 aliphatic rings. The van der Waals surface area contributed by atoms with Crippen molar-refractivity contribution in [2.24, 2.45) is 7.05 Å². The van der Waals surface area contributed by atoms with Gasteiger partial charge < -0.3 is 9.84 Å². The van der Waals surface area contributed by atoms with Gasteiger partial charge in [-0.3, -0.25) is 0 Å². The fourth-order valence-corrected chi connectivity index (χ4v) is 1.57.